The molecule has 0 saturated heterocycles. The van der Waals surface area contributed by atoms with Gasteiger partial charge in [0.1, 0.15) is 0 Å². The number of nitrogens with one attached hydrogen (secondary N) is 3. The molecule has 0 amide bonds. The summed E-state index contributed by atoms with van der Waals surface area (Å²) in [5, 5.41) is 10.5. The number of benzene rings is 3. The van der Waals surface area contributed by atoms with Gasteiger partial charge < -0.3 is 16.0 Å². The first kappa shape index (κ1) is 22.5. The summed E-state index contributed by atoms with van der Waals surface area (Å²) >= 11 is 12.2. The number of hydrogen-bond acceptors (Lipinski definition) is 5. The molecular weight excluding hydrogens is 465 g/mol. The summed E-state index contributed by atoms with van der Waals surface area (Å²) in [5.74, 6) is 0.533. The molecule has 0 aromatic heterocycles. The van der Waals surface area contributed by atoms with Gasteiger partial charge >= 0.3 is 0 Å². The van der Waals surface area contributed by atoms with Crippen LogP contribution in [-0.2, 0) is 28.6 Å². The summed E-state index contributed by atoms with van der Waals surface area (Å²) in [7, 11) is -3.44. The van der Waals surface area contributed by atoms with Gasteiger partial charge in [-0.2, -0.15) is 0 Å². The third kappa shape index (κ3) is 5.21. The van der Waals surface area contributed by atoms with E-state index in [0.717, 1.165) is 35.5 Å². The van der Waals surface area contributed by atoms with Gasteiger partial charge in [0, 0.05) is 24.5 Å². The van der Waals surface area contributed by atoms with Crippen molar-refractivity contribution in [2.75, 3.05) is 17.2 Å². The van der Waals surface area contributed by atoms with Crippen LogP contribution in [0.2, 0.25) is 10.0 Å². The number of sulfone groups is 1. The molecule has 166 valence electrons. The summed E-state index contributed by atoms with van der Waals surface area (Å²) < 4.78 is 25.7. The Morgan fingerprint density at radius 3 is 2.62 bits per heavy atom. The minimum Gasteiger partial charge on any atom is -0.384 e. The molecule has 1 aliphatic rings. The van der Waals surface area contributed by atoms with E-state index in [1.807, 2.05) is 30.3 Å². The summed E-state index contributed by atoms with van der Waals surface area (Å²) in [6, 6.07) is 17.9. The molecule has 3 aromatic rings. The van der Waals surface area contributed by atoms with Crippen molar-refractivity contribution in [1.29, 1.82) is 0 Å². The first-order chi connectivity index (χ1) is 15.3. The van der Waals surface area contributed by atoms with Crippen molar-refractivity contribution in [3.63, 3.8) is 0 Å². The SMILES string of the molecule is C=C(NCc1cccc(Cl)c1Cl)Nc1ccc(S(=O)(=O)Cc2ccc3c(c2)CCN3)cc1. The van der Waals surface area contributed by atoms with Gasteiger partial charge in [0.05, 0.1) is 26.5 Å². The summed E-state index contributed by atoms with van der Waals surface area (Å²) in [6.07, 6.45) is 0.922. The smallest absolute Gasteiger partial charge is 0.182 e. The third-order valence-electron chi connectivity index (χ3n) is 5.27. The summed E-state index contributed by atoms with van der Waals surface area (Å²) in [5.41, 5.74) is 4.63. The Morgan fingerprint density at radius 1 is 1.06 bits per heavy atom. The zero-order valence-corrected chi connectivity index (χ0v) is 19.6. The van der Waals surface area contributed by atoms with Gasteiger partial charge in [-0.3, -0.25) is 0 Å². The van der Waals surface area contributed by atoms with Gasteiger partial charge in [-0.25, -0.2) is 8.42 Å². The van der Waals surface area contributed by atoms with Crippen molar-refractivity contribution >= 4 is 44.4 Å². The van der Waals surface area contributed by atoms with E-state index in [1.54, 1.807) is 30.3 Å². The van der Waals surface area contributed by atoms with Gasteiger partial charge in [0.2, 0.25) is 0 Å². The molecule has 0 radical (unpaired) electrons. The van der Waals surface area contributed by atoms with Gasteiger partial charge in [-0.15, -0.1) is 0 Å². The topological polar surface area (TPSA) is 70.2 Å². The van der Waals surface area contributed by atoms with E-state index in [0.29, 0.717) is 22.4 Å². The van der Waals surface area contributed by atoms with Crippen LogP contribution < -0.4 is 16.0 Å². The number of halogens is 2. The normalized spacial score (nSPS) is 12.7. The van der Waals surface area contributed by atoms with Gasteiger partial charge in [0.15, 0.2) is 9.84 Å². The quantitative estimate of drug-likeness (QED) is 0.385. The molecule has 0 aliphatic carbocycles. The van der Waals surface area contributed by atoms with E-state index in [2.05, 4.69) is 22.5 Å². The highest BCUT2D eigenvalue weighted by Gasteiger charge is 2.17. The van der Waals surface area contributed by atoms with Gasteiger partial charge in [-0.1, -0.05) is 54.0 Å². The van der Waals surface area contributed by atoms with Crippen molar-refractivity contribution in [3.05, 3.63) is 99.8 Å². The minimum absolute atomic E-state index is 0.0261. The van der Waals surface area contributed by atoms with Crippen LogP contribution in [0.3, 0.4) is 0 Å². The van der Waals surface area contributed by atoms with Crippen LogP contribution in [0.15, 0.2) is 78.0 Å². The maximum absolute atomic E-state index is 12.9. The minimum atomic E-state index is -3.44. The van der Waals surface area contributed by atoms with Crippen LogP contribution in [0.4, 0.5) is 11.4 Å². The van der Waals surface area contributed by atoms with E-state index >= 15 is 0 Å². The predicted octanol–water partition coefficient (Wildman–Crippen LogP) is 5.61. The molecule has 0 atom stereocenters. The molecule has 0 bridgehead atoms. The average Bonchev–Trinajstić information content (AvgIpc) is 3.23. The second-order valence-corrected chi connectivity index (χ2v) is 10.4. The van der Waals surface area contributed by atoms with Gasteiger partial charge in [-0.05, 0) is 59.5 Å². The lowest BCUT2D eigenvalue weighted by Gasteiger charge is -2.14. The molecule has 0 saturated carbocycles. The van der Waals surface area contributed by atoms with Crippen molar-refractivity contribution < 1.29 is 8.42 Å². The molecule has 1 aliphatic heterocycles. The van der Waals surface area contributed by atoms with E-state index in [4.69, 9.17) is 23.2 Å². The van der Waals surface area contributed by atoms with E-state index in [9.17, 15) is 8.42 Å². The number of fused-ring (bicyclic) bond motifs is 1. The highest BCUT2D eigenvalue weighted by Crippen LogP contribution is 2.27. The van der Waals surface area contributed by atoms with Crippen LogP contribution in [0.25, 0.3) is 0 Å². The fourth-order valence-electron chi connectivity index (χ4n) is 3.60. The molecule has 0 spiro atoms. The highest BCUT2D eigenvalue weighted by molar-refractivity contribution is 7.90. The van der Waals surface area contributed by atoms with Crippen molar-refractivity contribution in [2.24, 2.45) is 0 Å². The Morgan fingerprint density at radius 2 is 1.84 bits per heavy atom. The van der Waals surface area contributed by atoms with Gasteiger partial charge in [0.25, 0.3) is 0 Å². The van der Waals surface area contributed by atoms with Crippen molar-refractivity contribution in [3.8, 4) is 0 Å². The van der Waals surface area contributed by atoms with Crippen molar-refractivity contribution in [2.45, 2.75) is 23.6 Å². The molecule has 32 heavy (non-hydrogen) atoms. The molecule has 8 heteroatoms. The second kappa shape index (κ2) is 9.45. The Balaban J connectivity index is 1.36. The first-order valence-corrected chi connectivity index (χ1v) is 12.5. The van der Waals surface area contributed by atoms with Crippen LogP contribution >= 0.6 is 23.2 Å². The monoisotopic (exact) mass is 487 g/mol. The Kier molecular flexibility index (Phi) is 6.65. The zero-order chi connectivity index (χ0) is 22.7. The Labute approximate surface area is 198 Å². The average molecular weight is 488 g/mol. The Hall–Kier alpha value is -2.67. The van der Waals surface area contributed by atoms with E-state index < -0.39 is 9.84 Å². The zero-order valence-electron chi connectivity index (χ0n) is 17.3. The molecule has 4 rings (SSSR count). The second-order valence-electron chi connectivity index (χ2n) is 7.62. The molecule has 3 N–H and O–H groups in total. The fraction of sp³-hybridized carbons (Fsp3) is 0.167. The number of hydrogen-bond donors (Lipinski definition) is 3. The highest BCUT2D eigenvalue weighted by atomic mass is 35.5. The molecule has 0 fully saturated rings. The lowest BCUT2D eigenvalue weighted by molar-refractivity contribution is 0.595. The lowest BCUT2D eigenvalue weighted by Crippen LogP contribution is -2.18. The number of anilines is 2. The maximum atomic E-state index is 12.9. The van der Waals surface area contributed by atoms with Crippen LogP contribution in [0.5, 0.6) is 0 Å². The predicted molar refractivity (Wildman–Crippen MR) is 132 cm³/mol. The van der Waals surface area contributed by atoms with E-state index in [1.165, 1.54) is 5.56 Å². The molecule has 5 nitrogen and oxygen atoms in total. The van der Waals surface area contributed by atoms with Crippen LogP contribution in [-0.4, -0.2) is 15.0 Å². The largest absolute Gasteiger partial charge is 0.384 e. The fourth-order valence-corrected chi connectivity index (χ4v) is 5.32. The van der Waals surface area contributed by atoms with Crippen LogP contribution in [0, 0.1) is 0 Å². The lowest BCUT2D eigenvalue weighted by atomic mass is 10.1. The first-order valence-electron chi connectivity index (χ1n) is 10.1. The molecular formula is C24H23Cl2N3O2S. The summed E-state index contributed by atoms with van der Waals surface area (Å²) in [4.78, 5) is 0.283. The summed E-state index contributed by atoms with van der Waals surface area (Å²) in [6.45, 7) is 5.30. The molecule has 1 heterocycles. The third-order valence-corrected chi connectivity index (χ3v) is 7.83. The number of rotatable bonds is 8. The molecule has 0 unspecified atom stereocenters. The van der Waals surface area contributed by atoms with E-state index in [-0.39, 0.29) is 10.6 Å². The standard InChI is InChI=1S/C24H23Cl2N3O2S/c1-16(28-14-19-3-2-4-22(25)24(19)26)29-20-6-8-21(9-7-20)32(30,31)15-17-5-10-23-18(13-17)11-12-27-23/h2-10,13,27-29H,1,11-12,14-15H2. The Bertz CT molecular complexity index is 1260. The molecule has 3 aromatic carbocycles. The van der Waals surface area contributed by atoms with Crippen LogP contribution in [0.1, 0.15) is 16.7 Å². The van der Waals surface area contributed by atoms with Crippen molar-refractivity contribution in [1.82, 2.24) is 5.32 Å². The maximum Gasteiger partial charge on any atom is 0.182 e.